The van der Waals surface area contributed by atoms with E-state index in [2.05, 4.69) is 54.3 Å². The van der Waals surface area contributed by atoms with Gasteiger partial charge in [0.15, 0.2) is 0 Å². The molecule has 0 bridgehead atoms. The number of halogens is 1. The van der Waals surface area contributed by atoms with Gasteiger partial charge in [-0.2, -0.15) is 0 Å². The Balaban J connectivity index is 2.66. The first-order chi connectivity index (χ1) is 8.81. The van der Waals surface area contributed by atoms with Crippen LogP contribution < -0.4 is 5.32 Å². The molecule has 1 aromatic carbocycles. The van der Waals surface area contributed by atoms with Gasteiger partial charge in [0, 0.05) is 0 Å². The second-order valence-corrected chi connectivity index (χ2v) is 9.61. The Morgan fingerprint density at radius 3 is 2.61 bits per heavy atom. The molecule has 2 unspecified atom stereocenters. The van der Waals surface area contributed by atoms with Crippen molar-refractivity contribution in [3.05, 3.63) is 35.9 Å². The van der Waals surface area contributed by atoms with Crippen LogP contribution in [0.3, 0.4) is 0 Å². The molecule has 0 aliphatic heterocycles. The summed E-state index contributed by atoms with van der Waals surface area (Å²) in [6.45, 7) is 3.30. The molecule has 0 fully saturated rings. The molecule has 1 nitrogen and oxygen atoms in total. The van der Waals surface area contributed by atoms with Gasteiger partial charge < -0.3 is 0 Å². The number of hydrogen-bond donors (Lipinski definition) is 1. The van der Waals surface area contributed by atoms with Crippen molar-refractivity contribution in [1.82, 2.24) is 5.32 Å². The Labute approximate surface area is 129 Å². The van der Waals surface area contributed by atoms with Gasteiger partial charge >= 0.3 is 130 Å². The van der Waals surface area contributed by atoms with E-state index in [1.807, 2.05) is 7.05 Å². The number of benzene rings is 1. The maximum atomic E-state index is 6.08. The molecule has 0 aromatic heterocycles. The van der Waals surface area contributed by atoms with Crippen molar-refractivity contribution in [2.45, 2.75) is 28.9 Å². The Hall–Kier alpha value is 0.619. The third kappa shape index (κ3) is 6.18. The molecular formula is C14H22ClNSSn. The predicted octanol–water partition coefficient (Wildman–Crippen LogP) is 3.78. The summed E-state index contributed by atoms with van der Waals surface area (Å²) in [5.74, 6) is 1.81. The third-order valence-electron chi connectivity index (χ3n) is 2.98. The number of hydrogen-bond acceptors (Lipinski definition) is 2. The van der Waals surface area contributed by atoms with E-state index in [9.17, 15) is 0 Å². The average Bonchev–Trinajstić information content (AvgIpc) is 2.40. The first-order valence-corrected chi connectivity index (χ1v) is 13.1. The van der Waals surface area contributed by atoms with E-state index in [-0.39, 0.29) is 0 Å². The van der Waals surface area contributed by atoms with Gasteiger partial charge in [0.2, 0.25) is 0 Å². The molecular weight excluding hydrogens is 368 g/mol. The maximum absolute atomic E-state index is 6.08. The summed E-state index contributed by atoms with van der Waals surface area (Å²) in [6, 6.07) is 10.9. The Bertz CT molecular complexity index is 304. The van der Waals surface area contributed by atoms with Gasteiger partial charge in [0.05, 0.1) is 0 Å². The summed E-state index contributed by atoms with van der Waals surface area (Å²) in [5.41, 5.74) is 1.45. The molecule has 1 N–H and O–H groups in total. The summed E-state index contributed by atoms with van der Waals surface area (Å²) in [5, 5.41) is 4.08. The molecule has 100 valence electrons. The van der Waals surface area contributed by atoms with Crippen molar-refractivity contribution >= 4 is 40.7 Å². The fourth-order valence-corrected chi connectivity index (χ4v) is 7.51. The van der Waals surface area contributed by atoms with Gasteiger partial charge in [-0.15, -0.1) is 0 Å². The molecule has 0 aliphatic carbocycles. The zero-order valence-corrected chi connectivity index (χ0v) is 15.6. The molecule has 0 saturated heterocycles. The molecule has 2 radical (unpaired) electrons. The fraction of sp³-hybridized carbons (Fsp3) is 0.571. The molecule has 2 atom stereocenters. The van der Waals surface area contributed by atoms with Gasteiger partial charge in [-0.3, -0.25) is 0 Å². The number of rotatable bonds is 9. The van der Waals surface area contributed by atoms with Crippen LogP contribution in [0.15, 0.2) is 30.3 Å². The predicted molar refractivity (Wildman–Crippen MR) is 86.1 cm³/mol. The summed E-state index contributed by atoms with van der Waals surface area (Å²) in [4.78, 5) is 0. The topological polar surface area (TPSA) is 12.0 Å². The van der Waals surface area contributed by atoms with E-state index < -0.39 is 20.0 Å². The Morgan fingerprint density at radius 1 is 1.33 bits per heavy atom. The normalized spacial score (nSPS) is 14.4. The van der Waals surface area contributed by atoms with E-state index in [1.165, 1.54) is 22.2 Å². The molecule has 4 heteroatoms. The SMILES string of the molecule is CCSC([CH2][Sn][Cl])CC(CNC)c1ccccc1. The summed E-state index contributed by atoms with van der Waals surface area (Å²) >= 11 is 1.47. The van der Waals surface area contributed by atoms with E-state index in [0.717, 1.165) is 11.8 Å². The standard InChI is InChI=1S/C14H22NS.ClH.Sn/c1-4-16-12(2)10-14(11-15-3)13-8-6-5-7-9-13;;/h5-9,12,14-15H,2,4,10-11H2,1,3H3;1H;/q;;+1/p-1. The van der Waals surface area contributed by atoms with Crippen LogP contribution in [0.5, 0.6) is 0 Å². The first kappa shape index (κ1) is 16.7. The third-order valence-corrected chi connectivity index (χ3v) is 7.87. The molecule has 0 heterocycles. The zero-order chi connectivity index (χ0) is 13.2. The van der Waals surface area contributed by atoms with Crippen molar-refractivity contribution in [1.29, 1.82) is 0 Å². The van der Waals surface area contributed by atoms with Crippen LogP contribution in [0, 0.1) is 0 Å². The van der Waals surface area contributed by atoms with E-state index in [4.69, 9.17) is 8.92 Å². The van der Waals surface area contributed by atoms with Gasteiger partial charge in [-0.05, 0) is 0 Å². The van der Waals surface area contributed by atoms with Crippen molar-refractivity contribution in [3.8, 4) is 0 Å². The van der Waals surface area contributed by atoms with Crippen LogP contribution in [0.1, 0.15) is 24.8 Å². The van der Waals surface area contributed by atoms with Gasteiger partial charge in [0.1, 0.15) is 0 Å². The molecule has 1 aromatic rings. The molecule has 0 aliphatic rings. The first-order valence-electron chi connectivity index (χ1n) is 6.46. The second kappa shape index (κ2) is 10.4. The summed E-state index contributed by atoms with van der Waals surface area (Å²) < 4.78 is 1.27. The van der Waals surface area contributed by atoms with E-state index in [0.29, 0.717) is 5.92 Å². The van der Waals surface area contributed by atoms with Crippen molar-refractivity contribution in [2.75, 3.05) is 19.3 Å². The molecule has 0 spiro atoms. The Morgan fingerprint density at radius 2 is 2.06 bits per heavy atom. The number of thioether (sulfide) groups is 1. The summed E-state index contributed by atoms with van der Waals surface area (Å²) in [7, 11) is 8.12. The fourth-order valence-electron chi connectivity index (χ4n) is 2.16. The van der Waals surface area contributed by atoms with Crippen LogP contribution >= 0.6 is 20.7 Å². The van der Waals surface area contributed by atoms with Crippen LogP contribution in [0.25, 0.3) is 0 Å². The molecule has 0 amide bonds. The number of nitrogens with one attached hydrogen (secondary N) is 1. The molecule has 18 heavy (non-hydrogen) atoms. The van der Waals surface area contributed by atoms with Crippen molar-refractivity contribution < 1.29 is 0 Å². The molecule has 0 saturated carbocycles. The van der Waals surface area contributed by atoms with E-state index >= 15 is 0 Å². The van der Waals surface area contributed by atoms with Gasteiger partial charge in [-0.25, -0.2) is 0 Å². The quantitative estimate of drug-likeness (QED) is 0.644. The number of likely N-dealkylation sites (N-methyl/N-ethyl adjacent to an activating group) is 1. The monoisotopic (exact) mass is 391 g/mol. The van der Waals surface area contributed by atoms with Crippen LogP contribution in [0.4, 0.5) is 0 Å². The van der Waals surface area contributed by atoms with Gasteiger partial charge in [0.25, 0.3) is 0 Å². The van der Waals surface area contributed by atoms with Gasteiger partial charge in [-0.1, -0.05) is 0 Å². The van der Waals surface area contributed by atoms with Crippen LogP contribution in [-0.4, -0.2) is 44.6 Å². The Kier molecular flexibility index (Phi) is 9.64. The minimum atomic E-state index is -0.611. The molecule has 1 rings (SSSR count). The second-order valence-electron chi connectivity index (χ2n) is 4.32. The van der Waals surface area contributed by atoms with Crippen LogP contribution in [-0.2, 0) is 0 Å². The average molecular weight is 391 g/mol. The minimum absolute atomic E-state index is 0.611. The van der Waals surface area contributed by atoms with Crippen molar-refractivity contribution in [3.63, 3.8) is 0 Å². The van der Waals surface area contributed by atoms with Crippen LogP contribution in [0.2, 0.25) is 4.44 Å². The zero-order valence-electron chi connectivity index (χ0n) is 11.2. The van der Waals surface area contributed by atoms with Crippen molar-refractivity contribution in [2.24, 2.45) is 0 Å². The summed E-state index contributed by atoms with van der Waals surface area (Å²) in [6.07, 6.45) is 1.25. The van der Waals surface area contributed by atoms with E-state index in [1.54, 1.807) is 0 Å².